The SMILES string of the molecule is CNC1CCC2=C(C1)c1ccccc1Oc1ccccc12. The molecule has 0 radical (unpaired) electrons. The van der Waals surface area contributed by atoms with Gasteiger partial charge < -0.3 is 10.1 Å². The molecule has 0 saturated carbocycles. The van der Waals surface area contributed by atoms with Gasteiger partial charge in [0.05, 0.1) is 0 Å². The number of ether oxygens (including phenoxy) is 1. The quantitative estimate of drug-likeness (QED) is 0.830. The van der Waals surface area contributed by atoms with E-state index in [0.29, 0.717) is 6.04 Å². The average molecular weight is 277 g/mol. The van der Waals surface area contributed by atoms with E-state index < -0.39 is 0 Å². The van der Waals surface area contributed by atoms with E-state index in [1.807, 2.05) is 12.1 Å². The van der Waals surface area contributed by atoms with Gasteiger partial charge in [-0.3, -0.25) is 0 Å². The van der Waals surface area contributed by atoms with Crippen molar-refractivity contribution in [3.63, 3.8) is 0 Å². The van der Waals surface area contributed by atoms with Crippen LogP contribution in [0.3, 0.4) is 0 Å². The van der Waals surface area contributed by atoms with Crippen molar-refractivity contribution in [2.45, 2.75) is 25.3 Å². The van der Waals surface area contributed by atoms with Crippen molar-refractivity contribution in [1.29, 1.82) is 0 Å². The van der Waals surface area contributed by atoms with Crippen molar-refractivity contribution in [3.05, 3.63) is 59.7 Å². The van der Waals surface area contributed by atoms with Crippen LogP contribution in [0.4, 0.5) is 0 Å². The van der Waals surface area contributed by atoms with Crippen LogP contribution in [-0.2, 0) is 0 Å². The van der Waals surface area contributed by atoms with Crippen LogP contribution < -0.4 is 10.1 Å². The summed E-state index contributed by atoms with van der Waals surface area (Å²) < 4.78 is 6.20. The molecule has 2 aliphatic rings. The van der Waals surface area contributed by atoms with Crippen LogP contribution in [0.2, 0.25) is 0 Å². The summed E-state index contributed by atoms with van der Waals surface area (Å²) in [6, 6.07) is 17.4. The fraction of sp³-hybridized carbons (Fsp3) is 0.263. The molecule has 0 saturated heterocycles. The van der Waals surface area contributed by atoms with Gasteiger partial charge in [0.15, 0.2) is 0 Å². The van der Waals surface area contributed by atoms with Gasteiger partial charge in [0, 0.05) is 17.2 Å². The number of hydrogen-bond acceptors (Lipinski definition) is 2. The number of fused-ring (bicyclic) bond motifs is 4. The molecule has 21 heavy (non-hydrogen) atoms. The Balaban J connectivity index is 1.96. The van der Waals surface area contributed by atoms with Crippen molar-refractivity contribution in [2.75, 3.05) is 7.05 Å². The topological polar surface area (TPSA) is 21.3 Å². The van der Waals surface area contributed by atoms with Gasteiger partial charge in [-0.2, -0.15) is 0 Å². The Kier molecular flexibility index (Phi) is 3.04. The highest BCUT2D eigenvalue weighted by atomic mass is 16.5. The van der Waals surface area contributed by atoms with Crippen molar-refractivity contribution < 1.29 is 4.74 Å². The van der Waals surface area contributed by atoms with E-state index >= 15 is 0 Å². The van der Waals surface area contributed by atoms with Crippen molar-refractivity contribution in [1.82, 2.24) is 5.32 Å². The molecule has 1 aliphatic heterocycles. The number of para-hydroxylation sites is 2. The molecule has 1 unspecified atom stereocenters. The molecule has 0 spiro atoms. The van der Waals surface area contributed by atoms with Crippen LogP contribution in [0.15, 0.2) is 48.5 Å². The van der Waals surface area contributed by atoms with Gasteiger partial charge in [-0.15, -0.1) is 0 Å². The van der Waals surface area contributed by atoms with E-state index in [4.69, 9.17) is 4.74 Å². The summed E-state index contributed by atoms with van der Waals surface area (Å²) in [7, 11) is 2.06. The van der Waals surface area contributed by atoms with Gasteiger partial charge in [-0.25, -0.2) is 0 Å². The highest BCUT2D eigenvalue weighted by molar-refractivity contribution is 5.96. The molecule has 1 atom stereocenters. The molecule has 1 heterocycles. The van der Waals surface area contributed by atoms with E-state index in [1.54, 1.807) is 0 Å². The molecular weight excluding hydrogens is 258 g/mol. The van der Waals surface area contributed by atoms with Crippen molar-refractivity contribution >= 4 is 11.1 Å². The van der Waals surface area contributed by atoms with Gasteiger partial charge in [-0.05, 0) is 49.6 Å². The maximum Gasteiger partial charge on any atom is 0.134 e. The third kappa shape index (κ3) is 2.07. The first kappa shape index (κ1) is 12.7. The lowest BCUT2D eigenvalue weighted by Gasteiger charge is -2.27. The Bertz CT molecular complexity index is 717. The lowest BCUT2D eigenvalue weighted by atomic mass is 9.81. The van der Waals surface area contributed by atoms with Gasteiger partial charge in [0.1, 0.15) is 11.5 Å². The Labute approximate surface area is 125 Å². The first-order valence-corrected chi connectivity index (χ1v) is 7.63. The number of allylic oxidation sites excluding steroid dienone is 1. The lowest BCUT2D eigenvalue weighted by molar-refractivity contribution is 0.481. The first-order valence-electron chi connectivity index (χ1n) is 7.63. The molecule has 2 heteroatoms. The largest absolute Gasteiger partial charge is 0.456 e. The molecule has 2 aromatic carbocycles. The van der Waals surface area contributed by atoms with Gasteiger partial charge in [0.25, 0.3) is 0 Å². The zero-order valence-corrected chi connectivity index (χ0v) is 12.2. The molecule has 106 valence electrons. The molecule has 1 N–H and O–H groups in total. The maximum atomic E-state index is 6.20. The lowest BCUT2D eigenvalue weighted by Crippen LogP contribution is -2.28. The highest BCUT2D eigenvalue weighted by Crippen LogP contribution is 2.47. The number of benzene rings is 2. The predicted molar refractivity (Wildman–Crippen MR) is 86.5 cm³/mol. The minimum atomic E-state index is 0.557. The molecule has 4 rings (SSSR count). The zero-order valence-electron chi connectivity index (χ0n) is 12.2. The van der Waals surface area contributed by atoms with Crippen LogP contribution in [-0.4, -0.2) is 13.1 Å². The standard InChI is InChI=1S/C19H19NO/c1-20-13-10-11-14-15-6-2-4-8-18(15)21-19-9-5-3-7-16(19)17(14)12-13/h2-9,13,20H,10-12H2,1H3. The van der Waals surface area contributed by atoms with Crippen LogP contribution >= 0.6 is 0 Å². The van der Waals surface area contributed by atoms with Crippen LogP contribution in [0.1, 0.15) is 30.4 Å². The summed E-state index contributed by atoms with van der Waals surface area (Å²) in [5, 5.41) is 3.44. The molecule has 1 aliphatic carbocycles. The van der Waals surface area contributed by atoms with E-state index in [1.165, 1.54) is 28.7 Å². The van der Waals surface area contributed by atoms with Crippen LogP contribution in [0.25, 0.3) is 11.1 Å². The number of hydrogen-bond donors (Lipinski definition) is 1. The molecular formula is C19H19NO. The second kappa shape index (κ2) is 5.05. The molecule has 2 aromatic rings. The minimum absolute atomic E-state index is 0.557. The summed E-state index contributed by atoms with van der Waals surface area (Å²) in [4.78, 5) is 0. The molecule has 2 nitrogen and oxygen atoms in total. The summed E-state index contributed by atoms with van der Waals surface area (Å²) in [5.41, 5.74) is 5.42. The smallest absolute Gasteiger partial charge is 0.134 e. The van der Waals surface area contributed by atoms with Crippen molar-refractivity contribution in [2.24, 2.45) is 0 Å². The monoisotopic (exact) mass is 277 g/mol. The Morgan fingerprint density at radius 2 is 1.52 bits per heavy atom. The number of rotatable bonds is 1. The average Bonchev–Trinajstić information content (AvgIpc) is 2.69. The second-order valence-corrected chi connectivity index (χ2v) is 5.78. The highest BCUT2D eigenvalue weighted by Gasteiger charge is 2.27. The number of nitrogens with one attached hydrogen (secondary N) is 1. The fourth-order valence-electron chi connectivity index (χ4n) is 3.49. The summed E-state index contributed by atoms with van der Waals surface area (Å²) in [5.74, 6) is 1.96. The van der Waals surface area contributed by atoms with E-state index in [0.717, 1.165) is 24.3 Å². The Morgan fingerprint density at radius 3 is 2.19 bits per heavy atom. The first-order chi connectivity index (χ1) is 10.4. The molecule has 0 bridgehead atoms. The predicted octanol–water partition coefficient (Wildman–Crippen LogP) is 4.48. The van der Waals surface area contributed by atoms with E-state index in [9.17, 15) is 0 Å². The minimum Gasteiger partial charge on any atom is -0.456 e. The Morgan fingerprint density at radius 1 is 0.905 bits per heavy atom. The zero-order chi connectivity index (χ0) is 14.2. The normalized spacial score (nSPS) is 20.0. The van der Waals surface area contributed by atoms with Gasteiger partial charge in [0.2, 0.25) is 0 Å². The molecule has 0 aromatic heterocycles. The van der Waals surface area contributed by atoms with E-state index in [-0.39, 0.29) is 0 Å². The Hall–Kier alpha value is -2.06. The van der Waals surface area contributed by atoms with Crippen LogP contribution in [0.5, 0.6) is 11.5 Å². The van der Waals surface area contributed by atoms with Gasteiger partial charge in [-0.1, -0.05) is 36.4 Å². The second-order valence-electron chi connectivity index (χ2n) is 5.78. The van der Waals surface area contributed by atoms with Crippen molar-refractivity contribution in [3.8, 4) is 11.5 Å². The summed E-state index contributed by atoms with van der Waals surface area (Å²) >= 11 is 0. The third-order valence-corrected chi connectivity index (χ3v) is 4.61. The molecule has 0 fully saturated rings. The molecule has 0 amide bonds. The van der Waals surface area contributed by atoms with Crippen LogP contribution in [0, 0.1) is 0 Å². The third-order valence-electron chi connectivity index (χ3n) is 4.61. The summed E-state index contributed by atoms with van der Waals surface area (Å²) in [6.07, 6.45) is 3.36. The fourth-order valence-corrected chi connectivity index (χ4v) is 3.49. The maximum absolute atomic E-state index is 6.20. The van der Waals surface area contributed by atoms with Gasteiger partial charge >= 0.3 is 0 Å². The van der Waals surface area contributed by atoms with E-state index in [2.05, 4.69) is 48.8 Å². The summed E-state index contributed by atoms with van der Waals surface area (Å²) in [6.45, 7) is 0.